The van der Waals surface area contributed by atoms with Crippen LogP contribution in [0.1, 0.15) is 38.7 Å². The summed E-state index contributed by atoms with van der Waals surface area (Å²) in [5, 5.41) is 0.767. The third-order valence-electron chi connectivity index (χ3n) is 2.98. The molecule has 0 heterocycles. The molecule has 0 aliphatic carbocycles. The Kier molecular flexibility index (Phi) is 8.79. The van der Waals surface area contributed by atoms with Gasteiger partial charge < -0.3 is 4.90 Å². The van der Waals surface area contributed by atoms with Gasteiger partial charge in [0.2, 0.25) is 5.91 Å². The van der Waals surface area contributed by atoms with Gasteiger partial charge in [-0.1, -0.05) is 37.6 Å². The zero-order valence-corrected chi connectivity index (χ0v) is 14.0. The van der Waals surface area contributed by atoms with Crippen molar-refractivity contribution in [1.29, 1.82) is 0 Å². The summed E-state index contributed by atoms with van der Waals surface area (Å²) in [6, 6.07) is 7.90. The average molecular weight is 314 g/mol. The Bertz CT molecular complexity index is 388. The lowest BCUT2D eigenvalue weighted by atomic mass is 10.2. The Hall–Kier alpha value is -0.670. The normalized spacial score (nSPS) is 10.6. The smallest absolute Gasteiger partial charge is 0.223 e. The van der Waals surface area contributed by atoms with Crippen molar-refractivity contribution >= 4 is 29.3 Å². The van der Waals surface area contributed by atoms with Gasteiger partial charge in [-0.15, -0.1) is 0 Å². The van der Waals surface area contributed by atoms with Gasteiger partial charge in [-0.2, -0.15) is 11.8 Å². The van der Waals surface area contributed by atoms with Crippen molar-refractivity contribution in [2.45, 2.75) is 38.9 Å². The van der Waals surface area contributed by atoms with E-state index in [2.05, 4.69) is 13.8 Å². The summed E-state index contributed by atoms with van der Waals surface area (Å²) < 4.78 is 0. The van der Waals surface area contributed by atoms with Crippen LogP contribution in [0.3, 0.4) is 0 Å². The summed E-state index contributed by atoms with van der Waals surface area (Å²) in [7, 11) is 0. The van der Waals surface area contributed by atoms with Gasteiger partial charge in [0.05, 0.1) is 0 Å². The molecule has 0 bridgehead atoms. The highest BCUT2D eigenvalue weighted by atomic mass is 35.5. The minimum Gasteiger partial charge on any atom is -0.343 e. The molecule has 0 unspecified atom stereocenters. The standard InChI is InChI=1S/C16H24ClNOS/c1-3-10-18(11-4-2)16(19)9-12-20-13-14-5-7-15(17)8-6-14/h5-8H,3-4,9-13H2,1-2H3. The number of hydrogen-bond acceptors (Lipinski definition) is 2. The van der Waals surface area contributed by atoms with Crippen LogP contribution in [0.5, 0.6) is 0 Å². The van der Waals surface area contributed by atoms with Crippen molar-refractivity contribution in [2.75, 3.05) is 18.8 Å². The number of carbonyl (C=O) groups is 1. The van der Waals surface area contributed by atoms with Gasteiger partial charge in [0.15, 0.2) is 0 Å². The number of nitrogens with zero attached hydrogens (tertiary/aromatic N) is 1. The van der Waals surface area contributed by atoms with Crippen LogP contribution in [0.15, 0.2) is 24.3 Å². The van der Waals surface area contributed by atoms with Crippen molar-refractivity contribution in [3.05, 3.63) is 34.9 Å². The summed E-state index contributed by atoms with van der Waals surface area (Å²) in [5.41, 5.74) is 1.26. The molecule has 0 aromatic heterocycles. The van der Waals surface area contributed by atoms with Gasteiger partial charge in [0.25, 0.3) is 0 Å². The maximum absolute atomic E-state index is 12.1. The molecule has 0 saturated carbocycles. The van der Waals surface area contributed by atoms with E-state index in [1.165, 1.54) is 5.56 Å². The number of amides is 1. The zero-order valence-electron chi connectivity index (χ0n) is 12.4. The average Bonchev–Trinajstić information content (AvgIpc) is 2.45. The predicted molar refractivity (Wildman–Crippen MR) is 89.4 cm³/mol. The fraction of sp³-hybridized carbons (Fsp3) is 0.562. The van der Waals surface area contributed by atoms with E-state index in [1.54, 1.807) is 11.8 Å². The van der Waals surface area contributed by atoms with Crippen LogP contribution in [0.25, 0.3) is 0 Å². The van der Waals surface area contributed by atoms with E-state index < -0.39 is 0 Å². The second-order valence-electron chi connectivity index (χ2n) is 4.81. The molecule has 1 amide bonds. The molecule has 20 heavy (non-hydrogen) atoms. The first-order chi connectivity index (χ1) is 9.67. The molecule has 0 N–H and O–H groups in total. The van der Waals surface area contributed by atoms with Crippen molar-refractivity contribution in [3.63, 3.8) is 0 Å². The van der Waals surface area contributed by atoms with E-state index in [0.717, 1.165) is 42.5 Å². The molecule has 0 aliphatic rings. The molecular formula is C16H24ClNOS. The molecule has 0 saturated heterocycles. The monoisotopic (exact) mass is 313 g/mol. The molecule has 2 nitrogen and oxygen atoms in total. The van der Waals surface area contributed by atoms with Gasteiger partial charge in [-0.25, -0.2) is 0 Å². The summed E-state index contributed by atoms with van der Waals surface area (Å²) in [6.45, 7) is 6.00. The van der Waals surface area contributed by atoms with Crippen LogP contribution in [0.2, 0.25) is 5.02 Å². The molecule has 1 rings (SSSR count). The third kappa shape index (κ3) is 6.67. The van der Waals surface area contributed by atoms with Crippen molar-refractivity contribution in [1.82, 2.24) is 4.90 Å². The fourth-order valence-electron chi connectivity index (χ4n) is 1.99. The lowest BCUT2D eigenvalue weighted by Gasteiger charge is -2.21. The molecule has 1 aromatic carbocycles. The fourth-order valence-corrected chi connectivity index (χ4v) is 3.01. The zero-order chi connectivity index (χ0) is 14.8. The number of hydrogen-bond donors (Lipinski definition) is 0. The van der Waals surface area contributed by atoms with Crippen LogP contribution in [-0.4, -0.2) is 29.6 Å². The Morgan fingerprint density at radius 1 is 1.15 bits per heavy atom. The largest absolute Gasteiger partial charge is 0.343 e. The van der Waals surface area contributed by atoms with Gasteiger partial charge in [0.1, 0.15) is 0 Å². The Morgan fingerprint density at radius 2 is 1.75 bits per heavy atom. The van der Waals surface area contributed by atoms with Crippen molar-refractivity contribution in [2.24, 2.45) is 0 Å². The predicted octanol–water partition coefficient (Wildman–Crippen LogP) is 4.61. The number of carbonyl (C=O) groups excluding carboxylic acids is 1. The molecule has 0 spiro atoms. The molecule has 0 atom stereocenters. The lowest BCUT2D eigenvalue weighted by Crippen LogP contribution is -2.32. The van der Waals surface area contributed by atoms with Crippen molar-refractivity contribution < 1.29 is 4.79 Å². The van der Waals surface area contributed by atoms with Crippen LogP contribution < -0.4 is 0 Å². The number of thioether (sulfide) groups is 1. The first-order valence-electron chi connectivity index (χ1n) is 7.27. The third-order valence-corrected chi connectivity index (χ3v) is 4.26. The minimum absolute atomic E-state index is 0.289. The highest BCUT2D eigenvalue weighted by molar-refractivity contribution is 7.98. The second kappa shape index (κ2) is 10.1. The van der Waals surface area contributed by atoms with Gasteiger partial charge >= 0.3 is 0 Å². The minimum atomic E-state index is 0.289. The highest BCUT2D eigenvalue weighted by Gasteiger charge is 2.10. The Labute approximate surface area is 131 Å². The Balaban J connectivity index is 2.25. The first kappa shape index (κ1) is 17.4. The number of halogens is 1. The summed E-state index contributed by atoms with van der Waals surface area (Å²) in [4.78, 5) is 14.1. The van der Waals surface area contributed by atoms with E-state index in [1.807, 2.05) is 29.2 Å². The van der Waals surface area contributed by atoms with E-state index >= 15 is 0 Å². The molecule has 1 aromatic rings. The SMILES string of the molecule is CCCN(CCC)C(=O)CCSCc1ccc(Cl)cc1. The summed E-state index contributed by atoms with van der Waals surface area (Å²) in [6.07, 6.45) is 2.70. The molecule has 0 fully saturated rings. The Morgan fingerprint density at radius 3 is 2.30 bits per heavy atom. The lowest BCUT2D eigenvalue weighted by molar-refractivity contribution is -0.130. The number of benzene rings is 1. The van der Waals surface area contributed by atoms with Crippen LogP contribution in [-0.2, 0) is 10.5 Å². The second-order valence-corrected chi connectivity index (χ2v) is 6.35. The molecule has 4 heteroatoms. The maximum atomic E-state index is 12.1. The quantitative estimate of drug-likeness (QED) is 0.620. The van der Waals surface area contributed by atoms with Crippen LogP contribution in [0, 0.1) is 0 Å². The van der Waals surface area contributed by atoms with E-state index in [4.69, 9.17) is 11.6 Å². The van der Waals surface area contributed by atoms with E-state index in [-0.39, 0.29) is 5.91 Å². The van der Waals surface area contributed by atoms with Crippen LogP contribution in [0.4, 0.5) is 0 Å². The van der Waals surface area contributed by atoms with Gasteiger partial charge in [-0.05, 0) is 30.5 Å². The summed E-state index contributed by atoms with van der Waals surface area (Å²) >= 11 is 7.66. The molecule has 0 aliphatic heterocycles. The molecule has 0 radical (unpaired) electrons. The molecule has 112 valence electrons. The highest BCUT2D eigenvalue weighted by Crippen LogP contribution is 2.16. The number of rotatable bonds is 9. The maximum Gasteiger partial charge on any atom is 0.223 e. The van der Waals surface area contributed by atoms with E-state index in [9.17, 15) is 4.79 Å². The van der Waals surface area contributed by atoms with Crippen LogP contribution >= 0.6 is 23.4 Å². The van der Waals surface area contributed by atoms with Crippen molar-refractivity contribution in [3.8, 4) is 0 Å². The van der Waals surface area contributed by atoms with E-state index in [0.29, 0.717) is 6.42 Å². The summed E-state index contributed by atoms with van der Waals surface area (Å²) in [5.74, 6) is 2.11. The van der Waals surface area contributed by atoms with Gasteiger partial charge in [-0.3, -0.25) is 4.79 Å². The topological polar surface area (TPSA) is 20.3 Å². The molecular weight excluding hydrogens is 290 g/mol. The van der Waals surface area contributed by atoms with Gasteiger partial charge in [0, 0.05) is 36.0 Å². The first-order valence-corrected chi connectivity index (χ1v) is 8.80.